The van der Waals surface area contributed by atoms with Crippen molar-refractivity contribution in [2.45, 2.75) is 20.0 Å². The summed E-state index contributed by atoms with van der Waals surface area (Å²) >= 11 is 0. The third-order valence-corrected chi connectivity index (χ3v) is 3.54. The van der Waals surface area contributed by atoms with Crippen LogP contribution in [0, 0.1) is 0 Å². The van der Waals surface area contributed by atoms with E-state index in [2.05, 4.69) is 0 Å². The molecule has 1 saturated heterocycles. The van der Waals surface area contributed by atoms with E-state index < -0.39 is 11.7 Å². The zero-order valence-electron chi connectivity index (χ0n) is 12.7. The summed E-state index contributed by atoms with van der Waals surface area (Å²) in [4.78, 5) is 15.5. The summed E-state index contributed by atoms with van der Waals surface area (Å²) in [5, 5.41) is 0. The fraction of sp³-hybridized carbons (Fsp3) is 0.438. The molecule has 1 aromatic rings. The zero-order valence-corrected chi connectivity index (χ0v) is 12.7. The molecule has 6 heteroatoms. The summed E-state index contributed by atoms with van der Waals surface area (Å²) in [6.45, 7) is 5.80. The molecular weight excluding hydrogens is 293 g/mol. The molecule has 1 aliphatic heterocycles. The Morgan fingerprint density at radius 2 is 1.77 bits per heavy atom. The molecule has 0 radical (unpaired) electrons. The minimum absolute atomic E-state index is 0.0382. The Balaban J connectivity index is 2.03. The maximum Gasteiger partial charge on any atom is 0.416 e. The molecule has 1 amide bonds. The van der Waals surface area contributed by atoms with Crippen molar-refractivity contribution >= 4 is 11.6 Å². The van der Waals surface area contributed by atoms with Gasteiger partial charge in [0.2, 0.25) is 5.91 Å². The summed E-state index contributed by atoms with van der Waals surface area (Å²) in [5.41, 5.74) is 0.836. The topological polar surface area (TPSA) is 23.6 Å². The van der Waals surface area contributed by atoms with Crippen LogP contribution in [0.25, 0.3) is 0 Å². The second kappa shape index (κ2) is 6.42. The molecule has 1 aliphatic rings. The molecule has 1 fully saturated rings. The number of hydrogen-bond acceptors (Lipinski definition) is 2. The van der Waals surface area contributed by atoms with Crippen molar-refractivity contribution < 1.29 is 18.0 Å². The van der Waals surface area contributed by atoms with Gasteiger partial charge in [-0.2, -0.15) is 13.2 Å². The normalized spacial score (nSPS) is 15.7. The first-order valence-electron chi connectivity index (χ1n) is 7.13. The van der Waals surface area contributed by atoms with Gasteiger partial charge in [-0.15, -0.1) is 0 Å². The average molecular weight is 312 g/mol. The van der Waals surface area contributed by atoms with E-state index in [4.69, 9.17) is 0 Å². The second-order valence-corrected chi connectivity index (χ2v) is 5.58. The van der Waals surface area contributed by atoms with Gasteiger partial charge in [-0.05, 0) is 32.0 Å². The second-order valence-electron chi connectivity index (χ2n) is 5.58. The maximum absolute atomic E-state index is 12.7. The number of piperazine rings is 1. The van der Waals surface area contributed by atoms with E-state index in [1.165, 1.54) is 6.07 Å². The van der Waals surface area contributed by atoms with Gasteiger partial charge in [-0.3, -0.25) is 4.79 Å². The fourth-order valence-electron chi connectivity index (χ4n) is 2.40. The maximum atomic E-state index is 12.7. The number of halogens is 3. The van der Waals surface area contributed by atoms with Gasteiger partial charge >= 0.3 is 6.18 Å². The van der Waals surface area contributed by atoms with Crippen LogP contribution in [-0.2, 0) is 11.0 Å². The first-order chi connectivity index (χ1) is 10.3. The molecule has 1 heterocycles. The number of benzene rings is 1. The first kappa shape index (κ1) is 16.4. The molecular formula is C16H19F3N2O. The van der Waals surface area contributed by atoms with Crippen LogP contribution >= 0.6 is 0 Å². The molecule has 22 heavy (non-hydrogen) atoms. The van der Waals surface area contributed by atoms with E-state index in [0.29, 0.717) is 31.9 Å². The lowest BCUT2D eigenvalue weighted by Crippen LogP contribution is -2.48. The zero-order chi connectivity index (χ0) is 16.3. The molecule has 1 aromatic carbocycles. The van der Waals surface area contributed by atoms with Crippen molar-refractivity contribution in [2.75, 3.05) is 31.1 Å². The van der Waals surface area contributed by atoms with E-state index >= 15 is 0 Å². The number of hydrogen-bond donors (Lipinski definition) is 0. The van der Waals surface area contributed by atoms with Crippen LogP contribution < -0.4 is 4.90 Å². The first-order valence-corrected chi connectivity index (χ1v) is 7.13. The molecule has 0 aliphatic carbocycles. The van der Waals surface area contributed by atoms with E-state index in [0.717, 1.165) is 17.7 Å². The van der Waals surface area contributed by atoms with Crippen molar-refractivity contribution in [2.24, 2.45) is 0 Å². The molecule has 0 atom stereocenters. The SMILES string of the molecule is CC(C)=CC(=O)N1CCN(c2cccc(C(F)(F)F)c2)CC1. The molecule has 0 N–H and O–H groups in total. The van der Waals surface area contributed by atoms with Crippen molar-refractivity contribution in [3.63, 3.8) is 0 Å². The highest BCUT2D eigenvalue weighted by Crippen LogP contribution is 2.31. The Morgan fingerprint density at radius 1 is 1.14 bits per heavy atom. The minimum Gasteiger partial charge on any atom is -0.368 e. The number of alkyl halides is 3. The van der Waals surface area contributed by atoms with E-state index in [1.54, 1.807) is 17.0 Å². The van der Waals surface area contributed by atoms with Gasteiger partial charge in [0.1, 0.15) is 0 Å². The van der Waals surface area contributed by atoms with Crippen LogP contribution in [0.4, 0.5) is 18.9 Å². The van der Waals surface area contributed by atoms with Crippen LogP contribution in [0.1, 0.15) is 19.4 Å². The van der Waals surface area contributed by atoms with Gasteiger partial charge in [0, 0.05) is 37.9 Å². The van der Waals surface area contributed by atoms with E-state index in [1.807, 2.05) is 18.7 Å². The number of carbonyl (C=O) groups is 1. The van der Waals surface area contributed by atoms with Gasteiger partial charge < -0.3 is 9.80 Å². The number of anilines is 1. The summed E-state index contributed by atoms with van der Waals surface area (Å²) < 4.78 is 38.2. The molecule has 120 valence electrons. The quantitative estimate of drug-likeness (QED) is 0.782. The van der Waals surface area contributed by atoms with Crippen LogP contribution in [0.2, 0.25) is 0 Å². The Kier molecular flexibility index (Phi) is 4.78. The Labute approximate surface area is 128 Å². The van der Waals surface area contributed by atoms with Crippen molar-refractivity contribution in [1.29, 1.82) is 0 Å². The van der Waals surface area contributed by atoms with Gasteiger partial charge in [0.05, 0.1) is 5.56 Å². The predicted molar refractivity (Wildman–Crippen MR) is 79.7 cm³/mol. The molecule has 3 nitrogen and oxygen atoms in total. The summed E-state index contributed by atoms with van der Waals surface area (Å²) in [7, 11) is 0. The van der Waals surface area contributed by atoms with Crippen molar-refractivity contribution in [3.8, 4) is 0 Å². The number of nitrogens with zero attached hydrogens (tertiary/aromatic N) is 2. The summed E-state index contributed by atoms with van der Waals surface area (Å²) in [6.07, 6.45) is -2.75. The van der Waals surface area contributed by atoms with Crippen molar-refractivity contribution in [3.05, 3.63) is 41.5 Å². The van der Waals surface area contributed by atoms with Gasteiger partial charge in [-0.1, -0.05) is 11.6 Å². The number of rotatable bonds is 2. The lowest BCUT2D eigenvalue weighted by molar-refractivity contribution is -0.137. The lowest BCUT2D eigenvalue weighted by atomic mass is 10.1. The smallest absolute Gasteiger partial charge is 0.368 e. The number of carbonyl (C=O) groups excluding carboxylic acids is 1. The largest absolute Gasteiger partial charge is 0.416 e. The van der Waals surface area contributed by atoms with Crippen LogP contribution in [0.15, 0.2) is 35.9 Å². The Morgan fingerprint density at radius 3 is 2.32 bits per heavy atom. The van der Waals surface area contributed by atoms with Gasteiger partial charge in [-0.25, -0.2) is 0 Å². The molecule has 0 bridgehead atoms. The molecule has 0 saturated carbocycles. The van der Waals surface area contributed by atoms with Crippen LogP contribution in [-0.4, -0.2) is 37.0 Å². The third kappa shape index (κ3) is 4.02. The standard InChI is InChI=1S/C16H19F3N2O/c1-12(2)10-15(22)21-8-6-20(7-9-21)14-5-3-4-13(11-14)16(17,18)19/h3-5,10-11H,6-9H2,1-2H3. The summed E-state index contributed by atoms with van der Waals surface area (Å²) in [6, 6.07) is 5.31. The monoisotopic (exact) mass is 312 g/mol. The van der Waals surface area contributed by atoms with Crippen LogP contribution in [0.3, 0.4) is 0 Å². The Bertz CT molecular complexity index is 569. The van der Waals surface area contributed by atoms with E-state index in [9.17, 15) is 18.0 Å². The predicted octanol–water partition coefficient (Wildman–Crippen LogP) is 3.32. The van der Waals surface area contributed by atoms with Gasteiger partial charge in [0.15, 0.2) is 0 Å². The molecule has 2 rings (SSSR count). The van der Waals surface area contributed by atoms with Gasteiger partial charge in [0.25, 0.3) is 0 Å². The molecule has 0 spiro atoms. The highest BCUT2D eigenvalue weighted by Gasteiger charge is 2.31. The number of allylic oxidation sites excluding steroid dienone is 1. The lowest BCUT2D eigenvalue weighted by Gasteiger charge is -2.36. The highest BCUT2D eigenvalue weighted by molar-refractivity contribution is 5.88. The molecule has 0 aromatic heterocycles. The minimum atomic E-state index is -4.34. The van der Waals surface area contributed by atoms with Crippen LogP contribution in [0.5, 0.6) is 0 Å². The Hall–Kier alpha value is -1.98. The highest BCUT2D eigenvalue weighted by atomic mass is 19.4. The number of amides is 1. The third-order valence-electron chi connectivity index (χ3n) is 3.54. The summed E-state index contributed by atoms with van der Waals surface area (Å²) in [5.74, 6) is -0.0382. The molecule has 0 unspecified atom stereocenters. The fourth-order valence-corrected chi connectivity index (χ4v) is 2.40. The van der Waals surface area contributed by atoms with E-state index in [-0.39, 0.29) is 5.91 Å². The average Bonchev–Trinajstić information content (AvgIpc) is 2.46. The van der Waals surface area contributed by atoms with Crippen molar-refractivity contribution in [1.82, 2.24) is 4.90 Å².